The minimum absolute atomic E-state index is 0.287. The smallest absolute Gasteiger partial charge is 0.123 e. The van der Waals surface area contributed by atoms with Crippen molar-refractivity contribution in [1.82, 2.24) is 10.2 Å². The van der Waals surface area contributed by atoms with Crippen LogP contribution >= 0.6 is 0 Å². The Hall–Kier alpha value is -2.82. The molecule has 0 saturated carbocycles. The van der Waals surface area contributed by atoms with Crippen LogP contribution in [0.15, 0.2) is 78.9 Å². The second-order valence-corrected chi connectivity index (χ2v) is 8.46. The first-order valence-corrected chi connectivity index (χ1v) is 11.4. The molecule has 2 atom stereocenters. The summed E-state index contributed by atoms with van der Waals surface area (Å²) in [5, 5.41) is 7.18. The lowest BCUT2D eigenvalue weighted by Crippen LogP contribution is -2.44. The lowest BCUT2D eigenvalue weighted by atomic mass is 9.80. The number of fused-ring (bicyclic) bond motifs is 1. The number of piperazine rings is 1. The van der Waals surface area contributed by atoms with Crippen molar-refractivity contribution in [2.24, 2.45) is 0 Å². The summed E-state index contributed by atoms with van der Waals surface area (Å²) in [4.78, 5) is 2.48. The molecule has 0 radical (unpaired) electrons. The summed E-state index contributed by atoms with van der Waals surface area (Å²) in [6.45, 7) is 6.06. The minimum atomic E-state index is 0.287. The number of nitrogens with one attached hydrogen (secondary N) is 2. The van der Waals surface area contributed by atoms with Gasteiger partial charge in [0, 0.05) is 49.9 Å². The average Bonchev–Trinajstić information content (AvgIpc) is 2.85. The fraction of sp³-hybridized carbons (Fsp3) is 0.333. The van der Waals surface area contributed by atoms with Crippen molar-refractivity contribution in [3.63, 3.8) is 0 Å². The summed E-state index contributed by atoms with van der Waals surface area (Å²) >= 11 is 0. The molecule has 0 aromatic heterocycles. The number of benzene rings is 3. The highest BCUT2D eigenvalue weighted by atomic mass is 16.5. The summed E-state index contributed by atoms with van der Waals surface area (Å²) in [5.41, 5.74) is 5.20. The average molecular weight is 414 g/mol. The molecule has 5 rings (SSSR count). The number of nitrogens with zero attached hydrogens (tertiary/aromatic N) is 1. The Kier molecular flexibility index (Phi) is 6.19. The van der Waals surface area contributed by atoms with Crippen molar-refractivity contribution in [3.05, 3.63) is 95.6 Å². The summed E-state index contributed by atoms with van der Waals surface area (Å²) in [6.07, 6.45) is 1.01. The van der Waals surface area contributed by atoms with Crippen LogP contribution in [0.25, 0.3) is 0 Å². The van der Waals surface area contributed by atoms with Gasteiger partial charge >= 0.3 is 0 Å². The molecule has 0 amide bonds. The second kappa shape index (κ2) is 9.54. The monoisotopic (exact) mass is 413 g/mol. The first-order chi connectivity index (χ1) is 15.4. The van der Waals surface area contributed by atoms with Crippen molar-refractivity contribution in [1.29, 1.82) is 0 Å². The Balaban J connectivity index is 1.39. The van der Waals surface area contributed by atoms with Crippen LogP contribution in [0.1, 0.15) is 35.1 Å². The van der Waals surface area contributed by atoms with Gasteiger partial charge in [-0.1, -0.05) is 66.7 Å². The fourth-order valence-electron chi connectivity index (χ4n) is 4.86. The highest BCUT2D eigenvalue weighted by Gasteiger charge is 2.30. The highest BCUT2D eigenvalue weighted by Crippen LogP contribution is 2.45. The van der Waals surface area contributed by atoms with Gasteiger partial charge in [0.15, 0.2) is 0 Å². The Morgan fingerprint density at radius 2 is 1.52 bits per heavy atom. The molecule has 4 heteroatoms. The van der Waals surface area contributed by atoms with Crippen LogP contribution in [0, 0.1) is 0 Å². The molecule has 3 aromatic carbocycles. The van der Waals surface area contributed by atoms with Gasteiger partial charge in [0.05, 0.1) is 6.04 Å². The van der Waals surface area contributed by atoms with E-state index in [1.165, 1.54) is 22.4 Å². The predicted molar refractivity (Wildman–Crippen MR) is 127 cm³/mol. The van der Waals surface area contributed by atoms with Crippen molar-refractivity contribution < 1.29 is 4.74 Å². The molecular formula is C27H31N3O. The van der Waals surface area contributed by atoms with Crippen LogP contribution in [-0.4, -0.2) is 44.2 Å². The molecule has 4 nitrogen and oxygen atoms in total. The molecule has 1 fully saturated rings. The molecule has 2 heterocycles. The van der Waals surface area contributed by atoms with E-state index < -0.39 is 0 Å². The van der Waals surface area contributed by atoms with Gasteiger partial charge in [-0.2, -0.15) is 0 Å². The number of hydrogen-bond donors (Lipinski definition) is 2. The molecule has 1 saturated heterocycles. The second-order valence-electron chi connectivity index (χ2n) is 8.46. The van der Waals surface area contributed by atoms with E-state index in [2.05, 4.69) is 94.4 Å². The van der Waals surface area contributed by atoms with E-state index in [1.54, 1.807) is 0 Å². The van der Waals surface area contributed by atoms with Crippen LogP contribution in [0.2, 0.25) is 0 Å². The third kappa shape index (κ3) is 4.60. The first-order valence-electron chi connectivity index (χ1n) is 11.4. The quantitative estimate of drug-likeness (QED) is 0.616. The third-order valence-electron chi connectivity index (χ3n) is 6.51. The molecule has 31 heavy (non-hydrogen) atoms. The van der Waals surface area contributed by atoms with Gasteiger partial charge in [-0.3, -0.25) is 4.90 Å². The molecule has 0 bridgehead atoms. The molecule has 0 aliphatic carbocycles. The molecule has 3 aromatic rings. The topological polar surface area (TPSA) is 36.5 Å². The first kappa shape index (κ1) is 20.1. The standard InChI is InChI=1S/C27H31N3O/c1-2-8-21(9-3-1)26-20-24(22-10-4-6-12-25(22)29-26)23-11-5-7-13-27(23)31-19-18-30-16-14-28-15-17-30/h1-13,24,26,28-29H,14-20H2. The number of hydrogen-bond acceptors (Lipinski definition) is 4. The van der Waals surface area contributed by atoms with Crippen LogP contribution in [0.4, 0.5) is 5.69 Å². The molecule has 160 valence electrons. The zero-order valence-electron chi connectivity index (χ0n) is 18.0. The normalized spacial score (nSPS) is 21.2. The Bertz CT molecular complexity index is 985. The maximum Gasteiger partial charge on any atom is 0.123 e. The summed E-state index contributed by atoms with van der Waals surface area (Å²) < 4.78 is 6.37. The van der Waals surface area contributed by atoms with Gasteiger partial charge in [0.2, 0.25) is 0 Å². The Morgan fingerprint density at radius 1 is 0.806 bits per heavy atom. The van der Waals surface area contributed by atoms with Gasteiger partial charge in [-0.05, 0) is 29.7 Å². The van der Waals surface area contributed by atoms with Crippen LogP contribution in [-0.2, 0) is 0 Å². The molecule has 2 N–H and O–H groups in total. The van der Waals surface area contributed by atoms with Gasteiger partial charge < -0.3 is 15.4 Å². The zero-order chi connectivity index (χ0) is 20.9. The Labute approximate surface area is 185 Å². The maximum absolute atomic E-state index is 6.37. The van der Waals surface area contributed by atoms with E-state index >= 15 is 0 Å². The molecular weight excluding hydrogens is 382 g/mol. The molecule has 2 unspecified atom stereocenters. The number of ether oxygens (including phenoxy) is 1. The van der Waals surface area contributed by atoms with Crippen LogP contribution in [0.5, 0.6) is 5.75 Å². The van der Waals surface area contributed by atoms with Gasteiger partial charge in [-0.15, -0.1) is 0 Å². The van der Waals surface area contributed by atoms with E-state index in [-0.39, 0.29) is 6.04 Å². The van der Waals surface area contributed by atoms with E-state index in [1.807, 2.05) is 0 Å². The number of para-hydroxylation sites is 2. The van der Waals surface area contributed by atoms with Crippen LogP contribution < -0.4 is 15.4 Å². The lowest BCUT2D eigenvalue weighted by molar-refractivity contribution is 0.190. The number of rotatable bonds is 6. The van der Waals surface area contributed by atoms with Gasteiger partial charge in [0.25, 0.3) is 0 Å². The van der Waals surface area contributed by atoms with E-state index in [0.717, 1.165) is 51.5 Å². The van der Waals surface area contributed by atoms with E-state index in [0.29, 0.717) is 5.92 Å². The number of anilines is 1. The minimum Gasteiger partial charge on any atom is -0.492 e. The fourth-order valence-corrected chi connectivity index (χ4v) is 4.86. The molecule has 2 aliphatic rings. The lowest BCUT2D eigenvalue weighted by Gasteiger charge is -2.34. The highest BCUT2D eigenvalue weighted by molar-refractivity contribution is 5.60. The molecule has 0 spiro atoms. The van der Waals surface area contributed by atoms with Crippen LogP contribution in [0.3, 0.4) is 0 Å². The Morgan fingerprint density at radius 3 is 2.35 bits per heavy atom. The predicted octanol–water partition coefficient (Wildman–Crippen LogP) is 4.66. The van der Waals surface area contributed by atoms with E-state index in [9.17, 15) is 0 Å². The van der Waals surface area contributed by atoms with Crippen molar-refractivity contribution in [3.8, 4) is 5.75 Å². The SMILES string of the molecule is c1ccc(C2CC(c3ccccc3OCCN3CCNCC3)c3ccccc3N2)cc1. The summed E-state index contributed by atoms with van der Waals surface area (Å²) in [5.74, 6) is 1.32. The largest absolute Gasteiger partial charge is 0.492 e. The van der Waals surface area contributed by atoms with Gasteiger partial charge in [0.1, 0.15) is 12.4 Å². The van der Waals surface area contributed by atoms with Crippen molar-refractivity contribution >= 4 is 5.69 Å². The third-order valence-corrected chi connectivity index (χ3v) is 6.51. The van der Waals surface area contributed by atoms with Crippen molar-refractivity contribution in [2.45, 2.75) is 18.4 Å². The summed E-state index contributed by atoms with van der Waals surface area (Å²) in [6, 6.07) is 28.4. The summed E-state index contributed by atoms with van der Waals surface area (Å²) in [7, 11) is 0. The molecule has 2 aliphatic heterocycles. The maximum atomic E-state index is 6.37. The van der Waals surface area contributed by atoms with Crippen molar-refractivity contribution in [2.75, 3.05) is 44.6 Å². The van der Waals surface area contributed by atoms with E-state index in [4.69, 9.17) is 4.74 Å². The zero-order valence-corrected chi connectivity index (χ0v) is 18.0. The van der Waals surface area contributed by atoms with Gasteiger partial charge in [-0.25, -0.2) is 0 Å².